The Hall–Kier alpha value is -3.03. The first-order valence-electron chi connectivity index (χ1n) is 10.4. The fraction of sp³-hybridized carbons (Fsp3) is 0.280. The van der Waals surface area contributed by atoms with Crippen molar-refractivity contribution >= 4 is 0 Å². The van der Waals surface area contributed by atoms with Crippen LogP contribution in [0, 0.1) is 23.3 Å². The normalized spacial score (nSPS) is 15.9. The molecule has 33 heavy (non-hydrogen) atoms. The number of fused-ring (bicyclic) bond motifs is 1. The summed E-state index contributed by atoms with van der Waals surface area (Å²) in [5.41, 5.74) is 0.693. The van der Waals surface area contributed by atoms with E-state index in [9.17, 15) is 26.3 Å². The minimum absolute atomic E-state index is 0.0525. The van der Waals surface area contributed by atoms with E-state index < -0.39 is 41.3 Å². The second-order valence-corrected chi connectivity index (χ2v) is 8.02. The van der Waals surface area contributed by atoms with Crippen LogP contribution in [0.5, 0.6) is 5.75 Å². The van der Waals surface area contributed by atoms with Gasteiger partial charge >= 0.3 is 6.36 Å². The van der Waals surface area contributed by atoms with Gasteiger partial charge in [-0.15, -0.1) is 13.2 Å². The van der Waals surface area contributed by atoms with E-state index in [1.807, 2.05) is 0 Å². The number of hydrogen-bond acceptors (Lipinski definition) is 1. The third-order valence-electron chi connectivity index (χ3n) is 5.95. The van der Waals surface area contributed by atoms with E-state index in [1.54, 1.807) is 6.92 Å². The van der Waals surface area contributed by atoms with Crippen LogP contribution in [0.3, 0.4) is 0 Å². The lowest BCUT2D eigenvalue weighted by molar-refractivity contribution is -0.274. The van der Waals surface area contributed by atoms with Crippen LogP contribution in [0.1, 0.15) is 41.5 Å². The van der Waals surface area contributed by atoms with Gasteiger partial charge in [0.15, 0.2) is 0 Å². The molecule has 3 aromatic carbocycles. The predicted molar refractivity (Wildman–Crippen MR) is 109 cm³/mol. The summed E-state index contributed by atoms with van der Waals surface area (Å²) >= 11 is 0. The molecule has 174 valence electrons. The van der Waals surface area contributed by atoms with Gasteiger partial charge in [0.05, 0.1) is 5.56 Å². The Kier molecular flexibility index (Phi) is 6.12. The monoisotopic (exact) mass is 468 g/mol. The zero-order valence-electron chi connectivity index (χ0n) is 17.5. The van der Waals surface area contributed by atoms with Crippen LogP contribution >= 0.6 is 0 Å². The molecule has 0 fully saturated rings. The Morgan fingerprint density at radius 2 is 1.55 bits per heavy atom. The van der Waals surface area contributed by atoms with E-state index in [-0.39, 0.29) is 41.5 Å². The van der Waals surface area contributed by atoms with Crippen molar-refractivity contribution in [2.75, 3.05) is 0 Å². The van der Waals surface area contributed by atoms with Crippen LogP contribution in [0.2, 0.25) is 0 Å². The molecule has 8 heteroatoms. The second kappa shape index (κ2) is 8.72. The van der Waals surface area contributed by atoms with Crippen molar-refractivity contribution in [1.82, 2.24) is 0 Å². The van der Waals surface area contributed by atoms with Gasteiger partial charge in [0.25, 0.3) is 0 Å². The highest BCUT2D eigenvalue weighted by molar-refractivity contribution is 5.67. The number of hydrogen-bond donors (Lipinski definition) is 0. The first-order valence-corrected chi connectivity index (χ1v) is 10.4. The zero-order chi connectivity index (χ0) is 23.9. The van der Waals surface area contributed by atoms with Crippen LogP contribution in [0.15, 0.2) is 42.5 Å². The van der Waals surface area contributed by atoms with Gasteiger partial charge in [0.1, 0.15) is 29.0 Å². The van der Waals surface area contributed by atoms with Crippen molar-refractivity contribution < 1.29 is 35.5 Å². The molecule has 0 saturated heterocycles. The molecule has 0 saturated carbocycles. The van der Waals surface area contributed by atoms with Gasteiger partial charge in [0.2, 0.25) is 0 Å². The summed E-state index contributed by atoms with van der Waals surface area (Å²) < 4.78 is 100. The Balaban J connectivity index is 1.65. The Morgan fingerprint density at radius 1 is 0.909 bits per heavy atom. The first-order chi connectivity index (χ1) is 15.6. The van der Waals surface area contributed by atoms with Gasteiger partial charge in [-0.25, -0.2) is 17.6 Å². The third-order valence-corrected chi connectivity index (χ3v) is 5.95. The number of ether oxygens (including phenoxy) is 1. The minimum atomic E-state index is -4.88. The fourth-order valence-corrected chi connectivity index (χ4v) is 4.41. The van der Waals surface area contributed by atoms with Gasteiger partial charge in [0, 0.05) is 5.56 Å². The molecule has 0 aromatic heterocycles. The summed E-state index contributed by atoms with van der Waals surface area (Å²) in [6.45, 7) is 1.78. The standard InChI is InChI=1S/C25H19F7O/c1-2-13-9-19(26)22(20(27)10-13)15-5-8-18-16(11-15)12-21(28)23(24(18)29)14-3-6-17(7-4-14)33-25(30,31)32/h3-4,6-7,9-10,12,15H,2,5,8,11H2,1H3. The summed E-state index contributed by atoms with van der Waals surface area (Å²) in [6, 6.07) is 7.93. The van der Waals surface area contributed by atoms with Crippen LogP contribution in [-0.2, 0) is 19.3 Å². The Labute approximate surface area is 185 Å². The van der Waals surface area contributed by atoms with Crippen molar-refractivity contribution in [3.8, 4) is 16.9 Å². The summed E-state index contributed by atoms with van der Waals surface area (Å²) in [5.74, 6) is -4.13. The van der Waals surface area contributed by atoms with Gasteiger partial charge in [-0.2, -0.15) is 0 Å². The number of aryl methyl sites for hydroxylation is 1. The van der Waals surface area contributed by atoms with Crippen molar-refractivity contribution in [3.05, 3.63) is 88.0 Å². The average Bonchev–Trinajstić information content (AvgIpc) is 2.73. The SMILES string of the molecule is CCc1cc(F)c(C2CCc3c(cc(F)c(-c4ccc(OC(F)(F)F)cc4)c3F)C2)c(F)c1. The van der Waals surface area contributed by atoms with E-state index in [0.717, 1.165) is 30.3 Å². The van der Waals surface area contributed by atoms with Crippen LogP contribution in [0.25, 0.3) is 11.1 Å². The molecule has 0 aliphatic heterocycles. The lowest BCUT2D eigenvalue weighted by atomic mass is 9.78. The summed E-state index contributed by atoms with van der Waals surface area (Å²) in [5, 5.41) is 0. The molecule has 0 spiro atoms. The molecular weight excluding hydrogens is 449 g/mol. The second-order valence-electron chi connectivity index (χ2n) is 8.02. The highest BCUT2D eigenvalue weighted by Gasteiger charge is 2.32. The third kappa shape index (κ3) is 4.70. The van der Waals surface area contributed by atoms with Crippen molar-refractivity contribution in [2.24, 2.45) is 0 Å². The smallest absolute Gasteiger partial charge is 0.406 e. The lowest BCUT2D eigenvalue weighted by Gasteiger charge is -2.27. The number of rotatable bonds is 4. The number of benzene rings is 3. The largest absolute Gasteiger partial charge is 0.573 e. The molecule has 0 radical (unpaired) electrons. The van der Waals surface area contributed by atoms with E-state index in [0.29, 0.717) is 17.5 Å². The maximum atomic E-state index is 15.3. The molecule has 1 atom stereocenters. The fourth-order valence-electron chi connectivity index (χ4n) is 4.41. The van der Waals surface area contributed by atoms with Crippen molar-refractivity contribution in [3.63, 3.8) is 0 Å². The summed E-state index contributed by atoms with van der Waals surface area (Å²) in [4.78, 5) is 0. The Morgan fingerprint density at radius 3 is 2.12 bits per heavy atom. The molecule has 3 aromatic rings. The molecule has 1 nitrogen and oxygen atoms in total. The first kappa shape index (κ1) is 23.1. The van der Waals surface area contributed by atoms with Gasteiger partial charge in [-0.1, -0.05) is 19.1 Å². The van der Waals surface area contributed by atoms with Crippen LogP contribution < -0.4 is 4.74 Å². The molecule has 4 rings (SSSR count). The molecule has 0 N–H and O–H groups in total. The zero-order valence-corrected chi connectivity index (χ0v) is 17.5. The van der Waals surface area contributed by atoms with E-state index in [2.05, 4.69) is 4.74 Å². The molecule has 0 bridgehead atoms. The Bertz CT molecular complexity index is 1160. The highest BCUT2D eigenvalue weighted by Crippen LogP contribution is 2.40. The van der Waals surface area contributed by atoms with Gasteiger partial charge in [-0.05, 0) is 84.2 Å². The van der Waals surface area contributed by atoms with E-state index >= 15 is 4.39 Å². The highest BCUT2D eigenvalue weighted by atomic mass is 19.4. The summed E-state index contributed by atoms with van der Waals surface area (Å²) in [6.07, 6.45) is -3.92. The van der Waals surface area contributed by atoms with E-state index in [4.69, 9.17) is 0 Å². The van der Waals surface area contributed by atoms with Crippen molar-refractivity contribution in [1.29, 1.82) is 0 Å². The molecule has 1 aliphatic rings. The molecular formula is C25H19F7O. The quantitative estimate of drug-likeness (QED) is 0.358. The van der Waals surface area contributed by atoms with Crippen LogP contribution in [0.4, 0.5) is 30.7 Å². The molecule has 0 amide bonds. The average molecular weight is 468 g/mol. The topological polar surface area (TPSA) is 9.23 Å². The maximum Gasteiger partial charge on any atom is 0.573 e. The lowest BCUT2D eigenvalue weighted by Crippen LogP contribution is -2.18. The molecule has 0 heterocycles. The molecule has 1 unspecified atom stereocenters. The minimum Gasteiger partial charge on any atom is -0.406 e. The predicted octanol–water partition coefficient (Wildman–Crippen LogP) is 7.64. The van der Waals surface area contributed by atoms with E-state index in [1.165, 1.54) is 12.1 Å². The maximum absolute atomic E-state index is 15.3. The van der Waals surface area contributed by atoms with Crippen molar-refractivity contribution in [2.45, 2.75) is 44.9 Å². The van der Waals surface area contributed by atoms with Crippen LogP contribution in [-0.4, -0.2) is 6.36 Å². The summed E-state index contributed by atoms with van der Waals surface area (Å²) in [7, 11) is 0. The number of alkyl halides is 3. The molecule has 1 aliphatic carbocycles. The van der Waals surface area contributed by atoms with Gasteiger partial charge < -0.3 is 4.74 Å². The van der Waals surface area contributed by atoms with Gasteiger partial charge in [-0.3, -0.25) is 0 Å². The number of halogens is 7.